The number of rotatable bonds is 3. The first-order valence-corrected chi connectivity index (χ1v) is 4.32. The second-order valence-corrected chi connectivity index (χ2v) is 3.07. The van der Waals surface area contributed by atoms with Gasteiger partial charge in [-0.2, -0.15) is 5.10 Å². The van der Waals surface area contributed by atoms with E-state index in [0.29, 0.717) is 0 Å². The average molecular weight is 198 g/mol. The van der Waals surface area contributed by atoms with Gasteiger partial charge >= 0.3 is 5.69 Å². The van der Waals surface area contributed by atoms with Crippen LogP contribution < -0.4 is 10.1 Å². The van der Waals surface area contributed by atoms with Crippen molar-refractivity contribution in [3.63, 3.8) is 0 Å². The maximum absolute atomic E-state index is 10.5. The van der Waals surface area contributed by atoms with E-state index in [4.69, 9.17) is 4.74 Å². The molecule has 7 nitrogen and oxygen atoms in total. The van der Waals surface area contributed by atoms with Crippen LogP contribution in [-0.2, 0) is 0 Å². The number of H-pyrrole nitrogens is 1. The molecule has 1 fully saturated rings. The maximum atomic E-state index is 10.5. The molecule has 1 aromatic rings. The van der Waals surface area contributed by atoms with Crippen LogP contribution >= 0.6 is 0 Å². The van der Waals surface area contributed by atoms with Gasteiger partial charge in [0, 0.05) is 6.54 Å². The number of ether oxygens (including phenoxy) is 1. The molecule has 0 spiro atoms. The van der Waals surface area contributed by atoms with Gasteiger partial charge in [0.2, 0.25) is 0 Å². The monoisotopic (exact) mass is 198 g/mol. The summed E-state index contributed by atoms with van der Waals surface area (Å²) in [5.74, 6) is 0.142. The van der Waals surface area contributed by atoms with E-state index in [1.54, 1.807) is 0 Å². The third-order valence-electron chi connectivity index (χ3n) is 2.08. The van der Waals surface area contributed by atoms with E-state index >= 15 is 0 Å². The molecule has 0 bridgehead atoms. The fourth-order valence-corrected chi connectivity index (χ4v) is 1.38. The van der Waals surface area contributed by atoms with Crippen LogP contribution in [0.1, 0.15) is 6.42 Å². The zero-order chi connectivity index (χ0) is 9.97. The van der Waals surface area contributed by atoms with E-state index in [1.165, 1.54) is 0 Å². The van der Waals surface area contributed by atoms with Crippen molar-refractivity contribution >= 4 is 5.69 Å². The molecule has 1 aliphatic rings. The van der Waals surface area contributed by atoms with Crippen LogP contribution in [0.15, 0.2) is 6.20 Å². The summed E-state index contributed by atoms with van der Waals surface area (Å²) in [6.45, 7) is 1.60. The standard InChI is InChI=1S/C7H10N4O3/c12-11(13)6-4-9-10-7(6)14-5-1-2-8-3-5/h4-5,8H,1-3H2,(H,9,10). The van der Waals surface area contributed by atoms with Gasteiger partial charge in [-0.15, -0.1) is 0 Å². The van der Waals surface area contributed by atoms with Gasteiger partial charge in [0.05, 0.1) is 4.92 Å². The third-order valence-corrected chi connectivity index (χ3v) is 2.08. The summed E-state index contributed by atoms with van der Waals surface area (Å²) in [5.41, 5.74) is -0.114. The molecule has 0 amide bonds. The second-order valence-electron chi connectivity index (χ2n) is 3.07. The van der Waals surface area contributed by atoms with E-state index in [9.17, 15) is 10.1 Å². The lowest BCUT2D eigenvalue weighted by Gasteiger charge is -2.08. The summed E-state index contributed by atoms with van der Waals surface area (Å²) in [4.78, 5) is 9.99. The molecule has 2 N–H and O–H groups in total. The Kier molecular flexibility index (Phi) is 2.32. The lowest BCUT2D eigenvalue weighted by molar-refractivity contribution is -0.386. The highest BCUT2D eigenvalue weighted by Gasteiger charge is 2.23. The van der Waals surface area contributed by atoms with E-state index in [2.05, 4.69) is 15.5 Å². The Labute approximate surface area is 79.6 Å². The Morgan fingerprint density at radius 1 is 1.71 bits per heavy atom. The summed E-state index contributed by atoms with van der Waals surface area (Å²) in [7, 11) is 0. The molecule has 7 heteroatoms. The van der Waals surface area contributed by atoms with Crippen LogP contribution in [0.4, 0.5) is 5.69 Å². The predicted octanol–water partition coefficient (Wildman–Crippen LogP) is 0.0586. The van der Waals surface area contributed by atoms with Gasteiger partial charge < -0.3 is 10.1 Å². The lowest BCUT2D eigenvalue weighted by atomic mass is 10.3. The fraction of sp³-hybridized carbons (Fsp3) is 0.571. The van der Waals surface area contributed by atoms with Crippen molar-refractivity contribution in [1.29, 1.82) is 0 Å². The highest BCUT2D eigenvalue weighted by molar-refractivity contribution is 5.37. The Balaban J connectivity index is 2.07. The maximum Gasteiger partial charge on any atom is 0.350 e. The van der Waals surface area contributed by atoms with Crippen LogP contribution in [0.3, 0.4) is 0 Å². The van der Waals surface area contributed by atoms with Crippen molar-refractivity contribution in [2.45, 2.75) is 12.5 Å². The van der Waals surface area contributed by atoms with Crippen LogP contribution in [-0.4, -0.2) is 34.3 Å². The molecule has 1 unspecified atom stereocenters. The number of aromatic nitrogens is 2. The van der Waals surface area contributed by atoms with Crippen LogP contribution in [0.25, 0.3) is 0 Å². The minimum absolute atomic E-state index is 0.00542. The molecule has 0 saturated carbocycles. The first kappa shape index (κ1) is 8.95. The fourth-order valence-electron chi connectivity index (χ4n) is 1.38. The number of aromatic amines is 1. The van der Waals surface area contributed by atoms with Crippen molar-refractivity contribution in [2.24, 2.45) is 0 Å². The Bertz CT molecular complexity index is 331. The summed E-state index contributed by atoms with van der Waals surface area (Å²) in [5, 5.41) is 19.7. The van der Waals surface area contributed by atoms with Gasteiger partial charge in [0.25, 0.3) is 5.88 Å². The molecule has 0 radical (unpaired) electrons. The largest absolute Gasteiger partial charge is 0.468 e. The molecule has 2 rings (SSSR count). The molecule has 76 valence electrons. The van der Waals surface area contributed by atoms with Gasteiger partial charge in [-0.3, -0.25) is 10.1 Å². The normalized spacial score (nSPS) is 21.0. The summed E-state index contributed by atoms with van der Waals surface area (Å²) in [6, 6.07) is 0. The minimum atomic E-state index is -0.513. The van der Waals surface area contributed by atoms with Crippen molar-refractivity contribution < 1.29 is 9.66 Å². The van der Waals surface area contributed by atoms with Gasteiger partial charge in [0.15, 0.2) is 0 Å². The summed E-state index contributed by atoms with van der Waals surface area (Å²) < 4.78 is 5.39. The van der Waals surface area contributed by atoms with E-state index in [0.717, 1.165) is 25.7 Å². The topological polar surface area (TPSA) is 93.1 Å². The van der Waals surface area contributed by atoms with Crippen molar-refractivity contribution in [1.82, 2.24) is 15.5 Å². The first-order chi connectivity index (χ1) is 6.77. The van der Waals surface area contributed by atoms with Crippen LogP contribution in [0.5, 0.6) is 5.88 Å². The molecule has 1 aromatic heterocycles. The van der Waals surface area contributed by atoms with Crippen molar-refractivity contribution in [3.8, 4) is 5.88 Å². The molecule has 0 aromatic carbocycles. The number of nitro groups is 1. The van der Waals surface area contributed by atoms with Gasteiger partial charge in [0.1, 0.15) is 12.3 Å². The SMILES string of the molecule is O=[N+]([O-])c1cn[nH]c1OC1CCNC1. The van der Waals surface area contributed by atoms with Gasteiger partial charge in [-0.25, -0.2) is 5.10 Å². The average Bonchev–Trinajstić information content (AvgIpc) is 2.75. The molecule has 0 aliphatic carbocycles. The third kappa shape index (κ3) is 1.67. The van der Waals surface area contributed by atoms with Crippen molar-refractivity contribution in [3.05, 3.63) is 16.3 Å². The van der Waals surface area contributed by atoms with Crippen molar-refractivity contribution in [2.75, 3.05) is 13.1 Å². The smallest absolute Gasteiger partial charge is 0.350 e. The number of nitrogens with one attached hydrogen (secondary N) is 2. The van der Waals surface area contributed by atoms with Crippen LogP contribution in [0, 0.1) is 10.1 Å². The number of hydrogen-bond donors (Lipinski definition) is 2. The summed E-state index contributed by atoms with van der Waals surface area (Å²) in [6.07, 6.45) is 2.00. The Morgan fingerprint density at radius 3 is 3.21 bits per heavy atom. The second kappa shape index (κ2) is 3.62. The number of nitrogens with zero attached hydrogens (tertiary/aromatic N) is 2. The highest BCUT2D eigenvalue weighted by atomic mass is 16.6. The first-order valence-electron chi connectivity index (χ1n) is 4.32. The van der Waals surface area contributed by atoms with E-state index in [-0.39, 0.29) is 17.7 Å². The molecule has 1 atom stereocenters. The zero-order valence-corrected chi connectivity index (χ0v) is 7.40. The molecular formula is C7H10N4O3. The quantitative estimate of drug-likeness (QED) is 0.529. The highest BCUT2D eigenvalue weighted by Crippen LogP contribution is 2.24. The summed E-state index contributed by atoms with van der Waals surface area (Å²) >= 11 is 0. The predicted molar refractivity (Wildman–Crippen MR) is 47.1 cm³/mol. The zero-order valence-electron chi connectivity index (χ0n) is 7.40. The molecule has 1 aliphatic heterocycles. The van der Waals surface area contributed by atoms with Crippen LogP contribution in [0.2, 0.25) is 0 Å². The van der Waals surface area contributed by atoms with Gasteiger partial charge in [-0.05, 0) is 13.0 Å². The Hall–Kier alpha value is -1.63. The number of hydrogen-bond acceptors (Lipinski definition) is 5. The van der Waals surface area contributed by atoms with E-state index < -0.39 is 4.92 Å². The minimum Gasteiger partial charge on any atom is -0.468 e. The molecule has 1 saturated heterocycles. The molecule has 14 heavy (non-hydrogen) atoms. The molecule has 2 heterocycles. The van der Waals surface area contributed by atoms with Gasteiger partial charge in [-0.1, -0.05) is 0 Å². The molecular weight excluding hydrogens is 188 g/mol. The Morgan fingerprint density at radius 2 is 2.57 bits per heavy atom. The lowest BCUT2D eigenvalue weighted by Crippen LogP contribution is -2.20. The van der Waals surface area contributed by atoms with E-state index in [1.807, 2.05) is 0 Å².